The Kier molecular flexibility index (Phi) is 4.12. The molecule has 0 saturated carbocycles. The van der Waals surface area contributed by atoms with Gasteiger partial charge < -0.3 is 5.11 Å². The van der Waals surface area contributed by atoms with Crippen molar-refractivity contribution in [3.8, 4) is 0 Å². The Morgan fingerprint density at radius 2 is 1.95 bits per heavy atom. The monoisotopic (exact) mass is 279 g/mol. The number of aliphatic carboxylic acids is 1. The zero-order chi connectivity index (χ0) is 13.8. The third-order valence-electron chi connectivity index (χ3n) is 2.76. The van der Waals surface area contributed by atoms with Crippen LogP contribution in [-0.4, -0.2) is 16.1 Å². The molecule has 1 unspecified atom stereocenters. The number of nitrogens with zero attached hydrogens (tertiary/aromatic N) is 1. The molecule has 0 spiro atoms. The second-order valence-corrected chi connectivity index (χ2v) is 4.56. The third-order valence-corrected chi connectivity index (χ3v) is 2.98. The molecule has 1 N–H and O–H groups in total. The second-order valence-electron chi connectivity index (χ2n) is 4.12. The summed E-state index contributed by atoms with van der Waals surface area (Å²) in [5.74, 6) is -2.10. The number of carboxylic acids is 1. The van der Waals surface area contributed by atoms with Crippen LogP contribution in [0.15, 0.2) is 42.6 Å². The second kappa shape index (κ2) is 5.80. The molecule has 5 heteroatoms. The highest BCUT2D eigenvalue weighted by Crippen LogP contribution is 2.21. The Hall–Kier alpha value is -1.94. The largest absolute Gasteiger partial charge is 0.481 e. The zero-order valence-corrected chi connectivity index (χ0v) is 10.6. The number of aromatic nitrogens is 1. The number of hydrogen-bond acceptors (Lipinski definition) is 2. The maximum Gasteiger partial charge on any atom is 0.312 e. The van der Waals surface area contributed by atoms with Gasteiger partial charge in [-0.05, 0) is 36.2 Å². The summed E-state index contributed by atoms with van der Waals surface area (Å²) in [6.45, 7) is 0. The molecule has 2 rings (SSSR count). The van der Waals surface area contributed by atoms with Crippen LogP contribution in [0, 0.1) is 5.82 Å². The molecule has 0 fully saturated rings. The standard InChI is InChI=1S/C14H11ClFNO2/c15-10-3-6-13(17-8-10)12(14(18)19)7-9-1-4-11(16)5-2-9/h1-6,8,12H,7H2,(H,18,19). The summed E-state index contributed by atoms with van der Waals surface area (Å²) in [5, 5.41) is 9.72. The van der Waals surface area contributed by atoms with Gasteiger partial charge in [0.05, 0.1) is 10.7 Å². The van der Waals surface area contributed by atoms with E-state index in [9.17, 15) is 14.3 Å². The van der Waals surface area contributed by atoms with Crippen molar-refractivity contribution in [2.24, 2.45) is 0 Å². The number of carboxylic acid groups (broad SMARTS) is 1. The van der Waals surface area contributed by atoms with Gasteiger partial charge >= 0.3 is 5.97 Å². The molecule has 98 valence electrons. The summed E-state index contributed by atoms with van der Waals surface area (Å²) in [7, 11) is 0. The average Bonchev–Trinajstić information content (AvgIpc) is 2.39. The summed E-state index contributed by atoms with van der Waals surface area (Å²) in [6, 6.07) is 8.95. The highest BCUT2D eigenvalue weighted by atomic mass is 35.5. The van der Waals surface area contributed by atoms with E-state index >= 15 is 0 Å². The quantitative estimate of drug-likeness (QED) is 0.934. The first-order valence-electron chi connectivity index (χ1n) is 5.65. The number of benzene rings is 1. The van der Waals surface area contributed by atoms with Crippen LogP contribution in [0.3, 0.4) is 0 Å². The van der Waals surface area contributed by atoms with Crippen LogP contribution in [0.4, 0.5) is 4.39 Å². The Morgan fingerprint density at radius 1 is 1.26 bits per heavy atom. The number of hydrogen-bond donors (Lipinski definition) is 1. The predicted octanol–water partition coefficient (Wildman–Crippen LogP) is 3.29. The van der Waals surface area contributed by atoms with E-state index in [1.165, 1.54) is 18.3 Å². The van der Waals surface area contributed by atoms with E-state index in [2.05, 4.69) is 4.98 Å². The number of rotatable bonds is 4. The Balaban J connectivity index is 2.23. The smallest absolute Gasteiger partial charge is 0.312 e. The lowest BCUT2D eigenvalue weighted by molar-refractivity contribution is -0.138. The molecule has 3 nitrogen and oxygen atoms in total. The minimum absolute atomic E-state index is 0.254. The van der Waals surface area contributed by atoms with E-state index < -0.39 is 11.9 Å². The summed E-state index contributed by atoms with van der Waals surface area (Å²) in [5.41, 5.74) is 1.17. The average molecular weight is 280 g/mol. The fourth-order valence-electron chi connectivity index (χ4n) is 1.77. The molecule has 1 heterocycles. The van der Waals surface area contributed by atoms with Crippen molar-refractivity contribution in [1.82, 2.24) is 4.98 Å². The minimum Gasteiger partial charge on any atom is -0.481 e. The molecule has 19 heavy (non-hydrogen) atoms. The Bertz CT molecular complexity index is 569. The molecule has 0 bridgehead atoms. The van der Waals surface area contributed by atoms with Crippen LogP contribution in [0.25, 0.3) is 0 Å². The van der Waals surface area contributed by atoms with Crippen LogP contribution in [0.2, 0.25) is 5.02 Å². The van der Waals surface area contributed by atoms with Gasteiger partial charge in [0.15, 0.2) is 0 Å². The SMILES string of the molecule is O=C(O)C(Cc1ccc(F)cc1)c1ccc(Cl)cn1. The number of pyridine rings is 1. The fourth-order valence-corrected chi connectivity index (χ4v) is 1.88. The molecular weight excluding hydrogens is 269 g/mol. The first-order chi connectivity index (χ1) is 9.06. The fraction of sp³-hybridized carbons (Fsp3) is 0.143. The first-order valence-corrected chi connectivity index (χ1v) is 6.03. The van der Waals surface area contributed by atoms with Crippen LogP contribution >= 0.6 is 11.6 Å². The topological polar surface area (TPSA) is 50.2 Å². The van der Waals surface area contributed by atoms with Gasteiger partial charge in [0.2, 0.25) is 0 Å². The highest BCUT2D eigenvalue weighted by Gasteiger charge is 2.21. The van der Waals surface area contributed by atoms with Gasteiger partial charge in [-0.25, -0.2) is 4.39 Å². The van der Waals surface area contributed by atoms with Gasteiger partial charge in [-0.2, -0.15) is 0 Å². The molecule has 1 aromatic carbocycles. The molecule has 1 atom stereocenters. The molecule has 0 amide bonds. The van der Waals surface area contributed by atoms with Gasteiger partial charge in [0.25, 0.3) is 0 Å². The van der Waals surface area contributed by atoms with Crippen molar-refractivity contribution in [3.05, 3.63) is 64.7 Å². The first kappa shape index (κ1) is 13.5. The summed E-state index contributed by atoms with van der Waals surface area (Å²) < 4.78 is 12.8. The van der Waals surface area contributed by atoms with Crippen molar-refractivity contribution in [2.75, 3.05) is 0 Å². The van der Waals surface area contributed by atoms with Crippen LogP contribution in [-0.2, 0) is 11.2 Å². The molecule has 2 aromatic rings. The lowest BCUT2D eigenvalue weighted by Gasteiger charge is -2.12. The minimum atomic E-state index is -0.973. The van der Waals surface area contributed by atoms with E-state index in [0.29, 0.717) is 10.7 Å². The van der Waals surface area contributed by atoms with Crippen LogP contribution < -0.4 is 0 Å². The maximum absolute atomic E-state index is 12.8. The van der Waals surface area contributed by atoms with E-state index in [-0.39, 0.29) is 12.2 Å². The molecular formula is C14H11ClFNO2. The lowest BCUT2D eigenvalue weighted by atomic mass is 9.96. The number of halogens is 2. The van der Waals surface area contributed by atoms with E-state index in [1.807, 2.05) is 0 Å². The van der Waals surface area contributed by atoms with Gasteiger partial charge in [-0.15, -0.1) is 0 Å². The summed E-state index contributed by atoms with van der Waals surface area (Å²) in [4.78, 5) is 15.3. The van der Waals surface area contributed by atoms with Crippen molar-refractivity contribution in [2.45, 2.75) is 12.3 Å². The van der Waals surface area contributed by atoms with Crippen molar-refractivity contribution in [1.29, 1.82) is 0 Å². The molecule has 1 aromatic heterocycles. The lowest BCUT2D eigenvalue weighted by Crippen LogP contribution is -2.15. The molecule has 0 aliphatic heterocycles. The van der Waals surface area contributed by atoms with Gasteiger partial charge in [0.1, 0.15) is 11.7 Å². The highest BCUT2D eigenvalue weighted by molar-refractivity contribution is 6.30. The van der Waals surface area contributed by atoms with Crippen LogP contribution in [0.1, 0.15) is 17.2 Å². The van der Waals surface area contributed by atoms with Crippen molar-refractivity contribution < 1.29 is 14.3 Å². The summed E-state index contributed by atoms with van der Waals surface area (Å²) >= 11 is 5.72. The van der Waals surface area contributed by atoms with Crippen LogP contribution in [0.5, 0.6) is 0 Å². The molecule has 0 saturated heterocycles. The zero-order valence-electron chi connectivity index (χ0n) is 9.88. The van der Waals surface area contributed by atoms with Gasteiger partial charge in [0, 0.05) is 6.20 Å². The van der Waals surface area contributed by atoms with Crippen molar-refractivity contribution in [3.63, 3.8) is 0 Å². The summed E-state index contributed by atoms with van der Waals surface area (Å²) in [6.07, 6.45) is 1.67. The van der Waals surface area contributed by atoms with Gasteiger partial charge in [-0.1, -0.05) is 23.7 Å². The normalized spacial score (nSPS) is 12.1. The van der Waals surface area contributed by atoms with E-state index in [1.54, 1.807) is 24.3 Å². The maximum atomic E-state index is 12.8. The number of carbonyl (C=O) groups is 1. The Morgan fingerprint density at radius 3 is 2.47 bits per heavy atom. The molecule has 0 aliphatic rings. The van der Waals surface area contributed by atoms with Gasteiger partial charge in [-0.3, -0.25) is 9.78 Å². The van der Waals surface area contributed by atoms with E-state index in [4.69, 9.17) is 11.6 Å². The molecule has 0 aliphatic carbocycles. The van der Waals surface area contributed by atoms with E-state index in [0.717, 1.165) is 5.56 Å². The Labute approximate surface area is 114 Å². The predicted molar refractivity (Wildman–Crippen MR) is 69.7 cm³/mol. The van der Waals surface area contributed by atoms with Crippen molar-refractivity contribution >= 4 is 17.6 Å². The molecule has 0 radical (unpaired) electrons. The third kappa shape index (κ3) is 3.51.